The fourth-order valence-electron chi connectivity index (χ4n) is 7.88. The molecule has 0 aromatic heterocycles. The highest BCUT2D eigenvalue weighted by Gasteiger charge is 2.51. The standard InChI is InChI=1S/C50H89NO13/c1-3-5-7-9-11-13-15-16-17-18-19-20-21-22-24-26-28-30-32-34-42(55)51-38(39(54)33-31-29-27-25-23-14-12-10-8-6-4-2)37-61-49-47(60)45(58)48(41(36-53)63-49)64-50-46(59)44(57)43(56)40(35-52)62-50/h11,13,16-17,19-20,31,33,38-41,43-50,52-54,56-60H,3-10,12,14-15,18,21-30,32,34-37H2,1-2H3,(H,51,55)/b13-11-,17-16-,20-19-,33-31+. The summed E-state index contributed by atoms with van der Waals surface area (Å²) >= 11 is 0. The van der Waals surface area contributed by atoms with Crippen molar-refractivity contribution < 1.29 is 64.6 Å². The molecule has 9 N–H and O–H groups in total. The van der Waals surface area contributed by atoms with Crippen LogP contribution in [0.3, 0.4) is 0 Å². The van der Waals surface area contributed by atoms with Crippen molar-refractivity contribution in [3.8, 4) is 0 Å². The van der Waals surface area contributed by atoms with Gasteiger partial charge in [-0.2, -0.15) is 0 Å². The number of ether oxygens (including phenoxy) is 4. The summed E-state index contributed by atoms with van der Waals surface area (Å²) in [4.78, 5) is 13.1. The monoisotopic (exact) mass is 912 g/mol. The van der Waals surface area contributed by atoms with E-state index in [1.165, 1.54) is 70.6 Å². The molecule has 64 heavy (non-hydrogen) atoms. The van der Waals surface area contributed by atoms with Gasteiger partial charge in [0.1, 0.15) is 48.8 Å². The summed E-state index contributed by atoms with van der Waals surface area (Å²) in [6.45, 7) is 2.71. The summed E-state index contributed by atoms with van der Waals surface area (Å²) in [7, 11) is 0. The summed E-state index contributed by atoms with van der Waals surface area (Å²) in [6, 6.07) is -0.920. The van der Waals surface area contributed by atoms with Crippen LogP contribution in [0.1, 0.15) is 168 Å². The molecular formula is C50H89NO13. The largest absolute Gasteiger partial charge is 0.394 e. The molecule has 0 aromatic rings. The van der Waals surface area contributed by atoms with E-state index in [4.69, 9.17) is 18.9 Å². The van der Waals surface area contributed by atoms with E-state index in [2.05, 4.69) is 55.6 Å². The summed E-state index contributed by atoms with van der Waals surface area (Å²) in [5.74, 6) is -0.256. The Hall–Kier alpha value is -2.05. The van der Waals surface area contributed by atoms with E-state index >= 15 is 0 Å². The van der Waals surface area contributed by atoms with Gasteiger partial charge in [-0.1, -0.05) is 152 Å². The zero-order valence-electron chi connectivity index (χ0n) is 39.3. The summed E-state index contributed by atoms with van der Waals surface area (Å²) in [5.41, 5.74) is 0. The van der Waals surface area contributed by atoms with Crippen molar-refractivity contribution in [2.45, 2.75) is 242 Å². The second kappa shape index (κ2) is 37.0. The quantitative estimate of drug-likeness (QED) is 0.0254. The molecule has 0 bridgehead atoms. The normalized spacial score (nSPS) is 27.7. The Kier molecular flexibility index (Phi) is 33.6. The van der Waals surface area contributed by atoms with Crippen LogP contribution in [0.15, 0.2) is 48.6 Å². The van der Waals surface area contributed by atoms with Crippen LogP contribution in [-0.4, -0.2) is 140 Å². The third-order valence-corrected chi connectivity index (χ3v) is 12.0. The van der Waals surface area contributed by atoms with Crippen LogP contribution in [0.4, 0.5) is 0 Å². The van der Waals surface area contributed by atoms with Crippen LogP contribution < -0.4 is 5.32 Å². The Bertz CT molecular complexity index is 1260. The fraction of sp³-hybridized carbons (Fsp3) is 0.820. The van der Waals surface area contributed by atoms with Gasteiger partial charge in [0.05, 0.1) is 32.0 Å². The molecule has 0 saturated carbocycles. The molecule has 0 aromatic carbocycles. The predicted molar refractivity (Wildman–Crippen MR) is 249 cm³/mol. The van der Waals surface area contributed by atoms with Crippen LogP contribution in [0.5, 0.6) is 0 Å². The molecule has 2 heterocycles. The van der Waals surface area contributed by atoms with Crippen molar-refractivity contribution in [1.29, 1.82) is 0 Å². The Balaban J connectivity index is 1.85. The predicted octanol–water partition coefficient (Wildman–Crippen LogP) is 6.10. The molecule has 2 aliphatic heterocycles. The van der Waals surface area contributed by atoms with E-state index in [1.54, 1.807) is 6.08 Å². The van der Waals surface area contributed by atoms with Crippen molar-refractivity contribution in [2.24, 2.45) is 0 Å². The van der Waals surface area contributed by atoms with Crippen molar-refractivity contribution >= 4 is 5.91 Å². The molecule has 12 atom stereocenters. The van der Waals surface area contributed by atoms with Gasteiger partial charge in [-0.05, 0) is 57.8 Å². The minimum atomic E-state index is -1.79. The fourth-order valence-corrected chi connectivity index (χ4v) is 7.88. The second-order valence-corrected chi connectivity index (χ2v) is 17.6. The van der Waals surface area contributed by atoms with Crippen molar-refractivity contribution in [1.82, 2.24) is 5.32 Å². The third kappa shape index (κ3) is 24.1. The zero-order chi connectivity index (χ0) is 46.8. The molecule has 12 unspecified atom stereocenters. The maximum absolute atomic E-state index is 13.1. The molecule has 1 amide bonds. The highest BCUT2D eigenvalue weighted by Crippen LogP contribution is 2.30. The summed E-state index contributed by atoms with van der Waals surface area (Å²) < 4.78 is 22.6. The van der Waals surface area contributed by atoms with E-state index in [0.717, 1.165) is 70.6 Å². The molecule has 372 valence electrons. The molecule has 0 aliphatic carbocycles. The van der Waals surface area contributed by atoms with Gasteiger partial charge >= 0.3 is 0 Å². The molecular weight excluding hydrogens is 823 g/mol. The topological polar surface area (TPSA) is 228 Å². The number of unbranched alkanes of at least 4 members (excludes halogenated alkanes) is 18. The Morgan fingerprint density at radius 2 is 1.03 bits per heavy atom. The van der Waals surface area contributed by atoms with Crippen molar-refractivity contribution in [2.75, 3.05) is 19.8 Å². The van der Waals surface area contributed by atoms with Crippen LogP contribution in [0.25, 0.3) is 0 Å². The first-order chi connectivity index (χ1) is 31.1. The lowest BCUT2D eigenvalue weighted by atomic mass is 9.97. The van der Waals surface area contributed by atoms with Gasteiger partial charge in [0.2, 0.25) is 5.91 Å². The number of aliphatic hydroxyl groups excluding tert-OH is 8. The highest BCUT2D eigenvalue weighted by atomic mass is 16.7. The number of carbonyl (C=O) groups excluding carboxylic acids is 1. The number of hydrogen-bond donors (Lipinski definition) is 9. The molecule has 2 saturated heterocycles. The smallest absolute Gasteiger partial charge is 0.220 e. The maximum Gasteiger partial charge on any atom is 0.220 e. The van der Waals surface area contributed by atoms with Crippen molar-refractivity contribution in [3.05, 3.63) is 48.6 Å². The average Bonchev–Trinajstić information content (AvgIpc) is 3.29. The average molecular weight is 912 g/mol. The van der Waals surface area contributed by atoms with E-state index in [1.807, 2.05) is 6.08 Å². The molecule has 2 aliphatic rings. The number of hydrogen-bond acceptors (Lipinski definition) is 13. The van der Waals surface area contributed by atoms with Gasteiger partial charge in [-0.3, -0.25) is 4.79 Å². The number of rotatable bonds is 37. The molecule has 0 radical (unpaired) electrons. The molecule has 14 nitrogen and oxygen atoms in total. The lowest BCUT2D eigenvalue weighted by molar-refractivity contribution is -0.359. The Labute approximate surface area is 384 Å². The number of allylic oxidation sites excluding steroid dienone is 7. The molecule has 0 spiro atoms. The zero-order valence-corrected chi connectivity index (χ0v) is 39.3. The first-order valence-corrected chi connectivity index (χ1v) is 24.9. The molecule has 14 heteroatoms. The number of carbonyl (C=O) groups is 1. The minimum Gasteiger partial charge on any atom is -0.394 e. The second-order valence-electron chi connectivity index (χ2n) is 17.6. The molecule has 2 fully saturated rings. The lowest BCUT2D eigenvalue weighted by Gasteiger charge is -2.46. The first-order valence-electron chi connectivity index (χ1n) is 24.9. The lowest BCUT2D eigenvalue weighted by Crippen LogP contribution is -2.65. The van der Waals surface area contributed by atoms with Gasteiger partial charge in [-0.25, -0.2) is 0 Å². The number of nitrogens with one attached hydrogen (secondary N) is 1. The van der Waals surface area contributed by atoms with Crippen LogP contribution >= 0.6 is 0 Å². The van der Waals surface area contributed by atoms with E-state index in [0.29, 0.717) is 6.42 Å². The van der Waals surface area contributed by atoms with Gasteiger partial charge in [0, 0.05) is 6.42 Å². The van der Waals surface area contributed by atoms with Crippen LogP contribution in [0.2, 0.25) is 0 Å². The Morgan fingerprint density at radius 3 is 1.61 bits per heavy atom. The highest BCUT2D eigenvalue weighted by molar-refractivity contribution is 5.76. The van der Waals surface area contributed by atoms with Gasteiger partial charge in [0.15, 0.2) is 12.6 Å². The van der Waals surface area contributed by atoms with E-state index in [-0.39, 0.29) is 18.9 Å². The summed E-state index contributed by atoms with van der Waals surface area (Å²) in [5, 5.41) is 86.6. The van der Waals surface area contributed by atoms with Crippen LogP contribution in [0, 0.1) is 0 Å². The first kappa shape index (κ1) is 58.1. The molecule has 2 rings (SSSR count). The van der Waals surface area contributed by atoms with E-state index < -0.39 is 86.8 Å². The maximum atomic E-state index is 13.1. The van der Waals surface area contributed by atoms with Gasteiger partial charge in [-0.15, -0.1) is 0 Å². The van der Waals surface area contributed by atoms with Crippen molar-refractivity contribution in [3.63, 3.8) is 0 Å². The van der Waals surface area contributed by atoms with Gasteiger partial charge < -0.3 is 65.1 Å². The SMILES string of the molecule is CCCCC/C=C\C/C=C\C/C=C\CCCCCCCCC(=O)NC(COC1OC(CO)C(OC2OC(CO)C(O)C(O)C2O)C(O)C1O)C(O)/C=C/CCCCCCCCCCC. The minimum absolute atomic E-state index is 0.256. The number of amides is 1. The van der Waals surface area contributed by atoms with E-state index in [9.17, 15) is 45.6 Å². The Morgan fingerprint density at radius 1 is 0.562 bits per heavy atom. The number of aliphatic hydroxyl groups is 8. The third-order valence-electron chi connectivity index (χ3n) is 12.0. The van der Waals surface area contributed by atoms with Gasteiger partial charge in [0.25, 0.3) is 0 Å². The van der Waals surface area contributed by atoms with Crippen LogP contribution in [-0.2, 0) is 23.7 Å². The summed E-state index contributed by atoms with van der Waals surface area (Å²) in [6.07, 6.45) is 25.8.